The second-order valence-electron chi connectivity index (χ2n) is 16.5. The summed E-state index contributed by atoms with van der Waals surface area (Å²) in [5.74, 6) is -1.89. The maximum atomic E-state index is 14.3. The number of amides is 2. The van der Waals surface area contributed by atoms with Crippen LogP contribution in [0.2, 0.25) is 0 Å². The Morgan fingerprint density at radius 3 is 1.74 bits per heavy atom. The zero-order valence-electron chi connectivity index (χ0n) is 32.7. The maximum Gasteiger partial charge on any atom is 0.224 e. The molecule has 0 heterocycles. The maximum absolute atomic E-state index is 14.3. The number of hydrogen-bond donors (Lipinski definition) is 2. The quantitative estimate of drug-likeness (QED) is 0.109. The molecule has 284 valence electrons. The zero-order chi connectivity index (χ0) is 38.5. The van der Waals surface area contributed by atoms with Crippen molar-refractivity contribution in [3.8, 4) is 0 Å². The lowest BCUT2D eigenvalue weighted by Gasteiger charge is -2.27. The van der Waals surface area contributed by atoms with E-state index in [0.717, 1.165) is 35.1 Å². The molecule has 3 aromatic carbocycles. The first-order chi connectivity index (χ1) is 25.2. The molecule has 7 heteroatoms. The lowest BCUT2D eigenvalue weighted by atomic mass is 9.87. The fourth-order valence-electron chi connectivity index (χ4n) is 7.01. The minimum Gasteiger partial charge on any atom is -0.346 e. The average Bonchev–Trinajstić information content (AvgIpc) is 3.88. The average molecular weight is 721 g/mol. The van der Waals surface area contributed by atoms with Gasteiger partial charge >= 0.3 is 0 Å². The van der Waals surface area contributed by atoms with Crippen LogP contribution < -0.4 is 10.6 Å². The van der Waals surface area contributed by atoms with Gasteiger partial charge in [0, 0.05) is 36.5 Å². The molecule has 1 fully saturated rings. The molecule has 0 bridgehead atoms. The van der Waals surface area contributed by atoms with Crippen molar-refractivity contribution in [2.24, 2.45) is 29.1 Å². The van der Waals surface area contributed by atoms with Crippen molar-refractivity contribution < 1.29 is 24.0 Å². The summed E-state index contributed by atoms with van der Waals surface area (Å²) in [7, 11) is 0. The molecule has 1 saturated carbocycles. The van der Waals surface area contributed by atoms with Gasteiger partial charge in [-0.3, -0.25) is 24.0 Å². The molecule has 0 spiro atoms. The highest BCUT2D eigenvalue weighted by Crippen LogP contribution is 2.47. The summed E-state index contributed by atoms with van der Waals surface area (Å²) in [5.41, 5.74) is 3.61. The van der Waals surface area contributed by atoms with E-state index in [9.17, 15) is 24.0 Å². The van der Waals surface area contributed by atoms with Crippen LogP contribution in [-0.4, -0.2) is 41.2 Å². The first-order valence-corrected chi connectivity index (χ1v) is 19.5. The fraction of sp³-hybridized carbons (Fsp3) is 0.500. The minimum absolute atomic E-state index is 0.0287. The van der Waals surface area contributed by atoms with E-state index in [1.165, 1.54) is 0 Å². The predicted molar refractivity (Wildman–Crippen MR) is 211 cm³/mol. The summed E-state index contributed by atoms with van der Waals surface area (Å²) in [6.45, 7) is 12.0. The molecule has 0 saturated heterocycles. The van der Waals surface area contributed by atoms with Crippen LogP contribution in [0.15, 0.2) is 84.9 Å². The van der Waals surface area contributed by atoms with Crippen molar-refractivity contribution in [3.63, 3.8) is 0 Å². The van der Waals surface area contributed by atoms with E-state index in [1.807, 2.05) is 126 Å². The van der Waals surface area contributed by atoms with E-state index in [0.29, 0.717) is 32.1 Å². The molecule has 53 heavy (non-hydrogen) atoms. The second-order valence-corrected chi connectivity index (χ2v) is 16.5. The molecule has 2 N–H and O–H groups in total. The van der Waals surface area contributed by atoms with Crippen LogP contribution in [0.1, 0.15) is 102 Å². The number of nitrogens with one attached hydrogen (secondary N) is 2. The first kappa shape index (κ1) is 41.4. The summed E-state index contributed by atoms with van der Waals surface area (Å²) < 4.78 is 0. The summed E-state index contributed by atoms with van der Waals surface area (Å²) in [6.07, 6.45) is 4.21. The third-order valence-electron chi connectivity index (χ3n) is 10.5. The summed E-state index contributed by atoms with van der Waals surface area (Å²) >= 11 is 0. The number of ketones is 3. The predicted octanol–water partition coefficient (Wildman–Crippen LogP) is 7.99. The van der Waals surface area contributed by atoms with Crippen LogP contribution >= 0.6 is 0 Å². The Morgan fingerprint density at radius 2 is 1.17 bits per heavy atom. The lowest BCUT2D eigenvalue weighted by molar-refractivity contribution is -0.135. The second kappa shape index (κ2) is 19.6. The van der Waals surface area contributed by atoms with E-state index in [-0.39, 0.29) is 60.3 Å². The standard InChI is InChI=1S/C46H60N2O5/c1-31(2)25-40(47-44(52)37(22-21-34-13-9-7-10-14-34)29-39(49)28-36-19-17-33(5)18-20-36)42(50)30-38(27-35-15-11-8-12-16-35)45(53)48-41(26-32(3)4)43(51)46(6)23-24-46/h7-20,31-32,37-38,40-41H,21-30H2,1-6H3,(H,47,52)(H,48,53)/t37-,38-,40+,41+/m1/s1. The number of benzene rings is 3. The third kappa shape index (κ3) is 13.5. The normalized spacial score (nSPS) is 15.6. The number of aryl methyl sites for hydroxylation is 2. The van der Waals surface area contributed by atoms with E-state index in [4.69, 9.17) is 0 Å². The van der Waals surface area contributed by atoms with Crippen LogP contribution in [0.3, 0.4) is 0 Å². The Kier molecular flexibility index (Phi) is 15.3. The Labute approximate surface area is 317 Å². The molecule has 3 aromatic rings. The highest BCUT2D eigenvalue weighted by molar-refractivity contribution is 5.97. The van der Waals surface area contributed by atoms with Gasteiger partial charge in [0.1, 0.15) is 5.78 Å². The van der Waals surface area contributed by atoms with Crippen molar-refractivity contribution in [1.29, 1.82) is 0 Å². The molecule has 4 atom stereocenters. The van der Waals surface area contributed by atoms with E-state index in [2.05, 4.69) is 10.6 Å². The summed E-state index contributed by atoms with van der Waals surface area (Å²) in [5, 5.41) is 6.13. The Balaban J connectivity index is 1.53. The number of hydrogen-bond acceptors (Lipinski definition) is 5. The molecule has 0 radical (unpaired) electrons. The topological polar surface area (TPSA) is 109 Å². The van der Waals surface area contributed by atoms with Gasteiger partial charge in [0.05, 0.1) is 12.1 Å². The molecule has 4 rings (SSSR count). The van der Waals surface area contributed by atoms with Gasteiger partial charge in [0.25, 0.3) is 0 Å². The van der Waals surface area contributed by atoms with Crippen molar-refractivity contribution in [2.75, 3.05) is 0 Å². The van der Waals surface area contributed by atoms with Gasteiger partial charge in [0.2, 0.25) is 11.8 Å². The number of Topliss-reactive ketones (excluding diaryl/α,β-unsaturated/α-hetero) is 3. The Hall–Kier alpha value is -4.39. The van der Waals surface area contributed by atoms with Crippen molar-refractivity contribution in [2.45, 2.75) is 118 Å². The van der Waals surface area contributed by atoms with Gasteiger partial charge < -0.3 is 10.6 Å². The molecule has 1 aliphatic carbocycles. The van der Waals surface area contributed by atoms with Crippen LogP contribution in [0.4, 0.5) is 0 Å². The first-order valence-electron chi connectivity index (χ1n) is 19.5. The van der Waals surface area contributed by atoms with E-state index in [1.54, 1.807) is 0 Å². The monoisotopic (exact) mass is 720 g/mol. The number of carbonyl (C=O) groups excluding carboxylic acids is 5. The van der Waals surface area contributed by atoms with Crippen LogP contribution in [0, 0.1) is 36.0 Å². The third-order valence-corrected chi connectivity index (χ3v) is 10.5. The highest BCUT2D eigenvalue weighted by atomic mass is 16.2. The van der Waals surface area contributed by atoms with Crippen molar-refractivity contribution in [3.05, 3.63) is 107 Å². The van der Waals surface area contributed by atoms with Crippen LogP contribution in [0.25, 0.3) is 0 Å². The molecule has 0 unspecified atom stereocenters. The summed E-state index contributed by atoms with van der Waals surface area (Å²) in [4.78, 5) is 69.3. The van der Waals surface area contributed by atoms with Gasteiger partial charge in [-0.15, -0.1) is 0 Å². The molecule has 7 nitrogen and oxygen atoms in total. The van der Waals surface area contributed by atoms with Gasteiger partial charge in [-0.25, -0.2) is 0 Å². The number of rotatable bonds is 22. The highest BCUT2D eigenvalue weighted by Gasteiger charge is 2.48. The van der Waals surface area contributed by atoms with Gasteiger partial charge in [0.15, 0.2) is 11.6 Å². The fourth-order valence-corrected chi connectivity index (χ4v) is 7.01. The summed E-state index contributed by atoms with van der Waals surface area (Å²) in [6, 6.07) is 25.9. The van der Waals surface area contributed by atoms with E-state index < -0.39 is 29.3 Å². The lowest BCUT2D eigenvalue weighted by Crippen LogP contribution is -2.49. The van der Waals surface area contributed by atoms with Gasteiger partial charge in [-0.1, -0.05) is 125 Å². The van der Waals surface area contributed by atoms with Crippen LogP contribution in [-0.2, 0) is 43.2 Å². The van der Waals surface area contributed by atoms with Crippen molar-refractivity contribution >= 4 is 29.2 Å². The molecule has 2 amide bonds. The Bertz CT molecular complexity index is 1660. The molecular weight excluding hydrogens is 661 g/mol. The van der Waals surface area contributed by atoms with Gasteiger partial charge in [-0.05, 0) is 80.4 Å². The van der Waals surface area contributed by atoms with Gasteiger partial charge in [-0.2, -0.15) is 0 Å². The van der Waals surface area contributed by atoms with Crippen LogP contribution in [0.5, 0.6) is 0 Å². The molecule has 0 aromatic heterocycles. The molecule has 1 aliphatic rings. The van der Waals surface area contributed by atoms with E-state index >= 15 is 0 Å². The minimum atomic E-state index is -0.821. The molecular formula is C46H60N2O5. The van der Waals surface area contributed by atoms with Crippen molar-refractivity contribution in [1.82, 2.24) is 10.6 Å². The largest absolute Gasteiger partial charge is 0.346 e. The Morgan fingerprint density at radius 1 is 0.642 bits per heavy atom. The number of carbonyl (C=O) groups is 5. The zero-order valence-corrected chi connectivity index (χ0v) is 32.7. The SMILES string of the molecule is Cc1ccc(CC(=O)C[C@@H](CCc2ccccc2)C(=O)N[C@@H](CC(C)C)C(=O)C[C@@H](Cc2ccccc2)C(=O)N[C@@H](CC(C)C)C(=O)C2(C)CC2)cc1. The molecule has 0 aliphatic heterocycles. The smallest absolute Gasteiger partial charge is 0.224 e.